The van der Waals surface area contributed by atoms with Gasteiger partial charge >= 0.3 is 0 Å². The van der Waals surface area contributed by atoms with E-state index in [2.05, 4.69) is 28.6 Å². The van der Waals surface area contributed by atoms with Crippen LogP contribution >= 0.6 is 0 Å². The predicted octanol–water partition coefficient (Wildman–Crippen LogP) is 2.56. The minimum Gasteiger partial charge on any atom is -0.338 e. The number of carbonyl (C=O) groups is 1. The number of hydrogen-bond donors (Lipinski definition) is 0. The van der Waals surface area contributed by atoms with E-state index in [4.69, 9.17) is 0 Å². The van der Waals surface area contributed by atoms with Crippen molar-refractivity contribution in [3.63, 3.8) is 0 Å². The maximum Gasteiger partial charge on any atom is 0.222 e. The van der Waals surface area contributed by atoms with Crippen LogP contribution in [0.3, 0.4) is 0 Å². The third-order valence-electron chi connectivity index (χ3n) is 4.81. The molecule has 0 N–H and O–H groups in total. The van der Waals surface area contributed by atoms with Crippen molar-refractivity contribution in [2.24, 2.45) is 0 Å². The maximum absolute atomic E-state index is 12.2. The minimum absolute atomic E-state index is 0.264. The molecule has 0 unspecified atom stereocenters. The van der Waals surface area contributed by atoms with E-state index in [1.807, 2.05) is 27.8 Å². The number of aryl methyl sites for hydroxylation is 1. The topological polar surface area (TPSA) is 51.0 Å². The first kappa shape index (κ1) is 14.4. The van der Waals surface area contributed by atoms with Crippen molar-refractivity contribution in [1.29, 1.82) is 0 Å². The molecular weight excluding hydrogens is 288 g/mol. The zero-order valence-electron chi connectivity index (χ0n) is 13.3. The van der Waals surface area contributed by atoms with Crippen LogP contribution in [0, 0.1) is 0 Å². The van der Waals surface area contributed by atoms with Crippen LogP contribution < -0.4 is 0 Å². The summed E-state index contributed by atoms with van der Waals surface area (Å²) in [6, 6.07) is 10.7. The molecule has 2 fully saturated rings. The lowest BCUT2D eigenvalue weighted by molar-refractivity contribution is -0.137. The summed E-state index contributed by atoms with van der Waals surface area (Å²) >= 11 is 0. The van der Waals surface area contributed by atoms with Gasteiger partial charge in [0.25, 0.3) is 0 Å². The van der Waals surface area contributed by atoms with E-state index in [0.717, 1.165) is 31.6 Å². The van der Waals surface area contributed by atoms with Crippen molar-refractivity contribution >= 4 is 5.91 Å². The number of likely N-dealkylation sites (tertiary alicyclic amines) is 1. The van der Waals surface area contributed by atoms with E-state index >= 15 is 0 Å². The summed E-state index contributed by atoms with van der Waals surface area (Å²) in [5, 5.41) is 8.47. The van der Waals surface area contributed by atoms with Gasteiger partial charge in [-0.25, -0.2) is 4.68 Å². The molecule has 1 aromatic carbocycles. The molecule has 2 aliphatic rings. The van der Waals surface area contributed by atoms with Crippen LogP contribution in [0.5, 0.6) is 0 Å². The molecular formula is C18H22N4O. The molecule has 2 heterocycles. The molecule has 0 spiro atoms. The Hall–Kier alpha value is -2.17. The molecule has 2 aromatic rings. The normalized spacial score (nSPS) is 18.0. The number of carbonyl (C=O) groups excluding carboxylic acids is 1. The lowest BCUT2D eigenvalue weighted by atomic mass is 10.1. The fraction of sp³-hybridized carbons (Fsp3) is 0.500. The smallest absolute Gasteiger partial charge is 0.222 e. The van der Waals surface area contributed by atoms with Crippen molar-refractivity contribution in [1.82, 2.24) is 19.9 Å². The van der Waals surface area contributed by atoms with Crippen LogP contribution in [0.2, 0.25) is 0 Å². The quantitative estimate of drug-likeness (QED) is 0.824. The second-order valence-electron chi connectivity index (χ2n) is 6.69. The van der Waals surface area contributed by atoms with E-state index in [1.54, 1.807) is 0 Å². The molecule has 23 heavy (non-hydrogen) atoms. The van der Waals surface area contributed by atoms with E-state index in [-0.39, 0.29) is 5.91 Å². The van der Waals surface area contributed by atoms with Gasteiger partial charge in [-0.05, 0) is 31.2 Å². The first-order chi connectivity index (χ1) is 11.3. The summed E-state index contributed by atoms with van der Waals surface area (Å²) in [4.78, 5) is 14.1. The predicted molar refractivity (Wildman–Crippen MR) is 87.0 cm³/mol. The zero-order valence-corrected chi connectivity index (χ0v) is 13.3. The first-order valence-electron chi connectivity index (χ1n) is 8.53. The maximum atomic E-state index is 12.2. The Bertz CT molecular complexity index is 671. The van der Waals surface area contributed by atoms with Gasteiger partial charge in [-0.15, -0.1) is 5.10 Å². The number of aromatic nitrogens is 3. The third-order valence-corrected chi connectivity index (χ3v) is 4.81. The lowest BCUT2D eigenvalue weighted by Gasteiger charge is -2.39. The molecule has 1 aliphatic heterocycles. The van der Waals surface area contributed by atoms with Crippen molar-refractivity contribution in [3.05, 3.63) is 47.8 Å². The van der Waals surface area contributed by atoms with Crippen LogP contribution in [0.1, 0.15) is 48.9 Å². The number of benzene rings is 1. The number of nitrogens with zero attached hydrogens (tertiary/aromatic N) is 4. The molecule has 5 nitrogen and oxygen atoms in total. The van der Waals surface area contributed by atoms with Gasteiger partial charge in [0, 0.05) is 31.6 Å². The minimum atomic E-state index is 0.264. The Balaban J connectivity index is 1.20. The van der Waals surface area contributed by atoms with E-state index in [0.29, 0.717) is 18.4 Å². The molecule has 1 saturated carbocycles. The summed E-state index contributed by atoms with van der Waals surface area (Å²) in [5.41, 5.74) is 2.43. The van der Waals surface area contributed by atoms with Gasteiger partial charge in [-0.1, -0.05) is 35.5 Å². The number of rotatable bonds is 6. The van der Waals surface area contributed by atoms with Crippen LogP contribution in [-0.4, -0.2) is 38.9 Å². The Morgan fingerprint density at radius 3 is 2.70 bits per heavy atom. The highest BCUT2D eigenvalue weighted by Gasteiger charge is 2.33. The molecule has 0 atom stereocenters. The SMILES string of the molecule is O=C(CCCc1ccccc1)N1CC(n2cc(C3CC3)nn2)C1. The molecule has 1 aromatic heterocycles. The van der Waals surface area contributed by atoms with Gasteiger partial charge in [0.2, 0.25) is 5.91 Å². The average molecular weight is 310 g/mol. The molecule has 1 aliphatic carbocycles. The molecule has 1 saturated heterocycles. The van der Waals surface area contributed by atoms with Gasteiger partial charge in [0.05, 0.1) is 11.7 Å². The van der Waals surface area contributed by atoms with Gasteiger partial charge in [0.1, 0.15) is 0 Å². The van der Waals surface area contributed by atoms with E-state index in [1.165, 1.54) is 18.4 Å². The molecule has 5 heteroatoms. The van der Waals surface area contributed by atoms with E-state index in [9.17, 15) is 4.79 Å². The van der Waals surface area contributed by atoms with Gasteiger partial charge in [-0.2, -0.15) is 0 Å². The number of amides is 1. The highest BCUT2D eigenvalue weighted by atomic mass is 16.2. The van der Waals surface area contributed by atoms with Crippen molar-refractivity contribution in [3.8, 4) is 0 Å². The van der Waals surface area contributed by atoms with Gasteiger partial charge in [-0.3, -0.25) is 4.79 Å². The van der Waals surface area contributed by atoms with Crippen molar-refractivity contribution in [2.75, 3.05) is 13.1 Å². The number of hydrogen-bond acceptors (Lipinski definition) is 3. The zero-order chi connectivity index (χ0) is 15.6. The summed E-state index contributed by atoms with van der Waals surface area (Å²) < 4.78 is 1.95. The second kappa shape index (κ2) is 6.14. The highest BCUT2D eigenvalue weighted by molar-refractivity contribution is 5.77. The van der Waals surface area contributed by atoms with Crippen molar-refractivity contribution < 1.29 is 4.79 Å². The summed E-state index contributed by atoms with van der Waals surface area (Å²) in [6.45, 7) is 1.55. The molecule has 0 bridgehead atoms. The fourth-order valence-electron chi connectivity index (χ4n) is 3.11. The molecule has 0 radical (unpaired) electrons. The largest absolute Gasteiger partial charge is 0.338 e. The van der Waals surface area contributed by atoms with Gasteiger partial charge in [0.15, 0.2) is 0 Å². The second-order valence-corrected chi connectivity index (χ2v) is 6.69. The monoisotopic (exact) mass is 310 g/mol. The van der Waals surface area contributed by atoms with Crippen LogP contribution in [-0.2, 0) is 11.2 Å². The summed E-state index contributed by atoms with van der Waals surface area (Å²) in [6.07, 6.45) is 7.08. The van der Waals surface area contributed by atoms with Gasteiger partial charge < -0.3 is 4.90 Å². The fourth-order valence-corrected chi connectivity index (χ4v) is 3.11. The summed E-state index contributed by atoms with van der Waals surface area (Å²) in [5.74, 6) is 0.902. The third kappa shape index (κ3) is 3.28. The van der Waals surface area contributed by atoms with Crippen LogP contribution in [0.25, 0.3) is 0 Å². The van der Waals surface area contributed by atoms with Crippen molar-refractivity contribution in [2.45, 2.75) is 44.1 Å². The molecule has 120 valence electrons. The Labute approximate surface area is 136 Å². The Kier molecular flexibility index (Phi) is 3.85. The molecule has 1 amide bonds. The first-order valence-corrected chi connectivity index (χ1v) is 8.53. The van der Waals surface area contributed by atoms with E-state index < -0.39 is 0 Å². The lowest BCUT2D eigenvalue weighted by Crippen LogP contribution is -2.50. The van der Waals surface area contributed by atoms with Crippen LogP contribution in [0.15, 0.2) is 36.5 Å². The highest BCUT2D eigenvalue weighted by Crippen LogP contribution is 2.39. The Morgan fingerprint density at radius 1 is 1.17 bits per heavy atom. The standard InChI is InChI=1S/C18H22N4O/c23-18(8-4-7-14-5-2-1-3-6-14)21-11-16(12-21)22-13-17(19-20-22)15-9-10-15/h1-3,5-6,13,15-16H,4,7-12H2. The molecule has 4 rings (SSSR count). The summed E-state index contributed by atoms with van der Waals surface area (Å²) in [7, 11) is 0. The average Bonchev–Trinajstić information content (AvgIpc) is 3.26. The Morgan fingerprint density at radius 2 is 1.96 bits per heavy atom. The van der Waals surface area contributed by atoms with Crippen LogP contribution in [0.4, 0.5) is 0 Å².